The van der Waals surface area contributed by atoms with Crippen LogP contribution in [0.25, 0.3) is 11.0 Å². The number of rotatable bonds is 4. The van der Waals surface area contributed by atoms with Gasteiger partial charge in [-0.2, -0.15) is 0 Å². The SMILES string of the molecule is Cc1c(C(=O)NCC(C)(O)c2ccco2)oc2ccccc12. The summed E-state index contributed by atoms with van der Waals surface area (Å²) in [6.07, 6.45) is 1.48. The van der Waals surface area contributed by atoms with E-state index in [1.165, 1.54) is 6.26 Å². The van der Waals surface area contributed by atoms with E-state index in [1.54, 1.807) is 19.1 Å². The lowest BCUT2D eigenvalue weighted by Gasteiger charge is -2.20. The maximum atomic E-state index is 12.3. The third-order valence-electron chi connectivity index (χ3n) is 3.70. The highest BCUT2D eigenvalue weighted by molar-refractivity contribution is 5.98. The first-order valence-electron chi connectivity index (χ1n) is 7.02. The predicted octanol–water partition coefficient (Wildman–Crippen LogP) is 2.97. The number of aliphatic hydroxyl groups is 1. The van der Waals surface area contributed by atoms with Crippen molar-refractivity contribution in [2.45, 2.75) is 19.4 Å². The quantitative estimate of drug-likeness (QED) is 0.776. The largest absolute Gasteiger partial charge is 0.466 e. The molecular weight excluding hydrogens is 282 g/mol. The second-order valence-corrected chi connectivity index (χ2v) is 5.49. The molecule has 1 unspecified atom stereocenters. The highest BCUT2D eigenvalue weighted by atomic mass is 16.4. The number of fused-ring (bicyclic) bond motifs is 1. The van der Waals surface area contributed by atoms with Crippen LogP contribution >= 0.6 is 0 Å². The number of nitrogens with one attached hydrogen (secondary N) is 1. The maximum absolute atomic E-state index is 12.3. The summed E-state index contributed by atoms with van der Waals surface area (Å²) in [4.78, 5) is 12.3. The van der Waals surface area contributed by atoms with Gasteiger partial charge in [0.1, 0.15) is 16.9 Å². The summed E-state index contributed by atoms with van der Waals surface area (Å²) in [5.41, 5.74) is 0.174. The van der Waals surface area contributed by atoms with Crippen molar-refractivity contribution in [3.8, 4) is 0 Å². The van der Waals surface area contributed by atoms with Crippen LogP contribution in [0.5, 0.6) is 0 Å². The van der Waals surface area contributed by atoms with Crippen molar-refractivity contribution >= 4 is 16.9 Å². The lowest BCUT2D eigenvalue weighted by atomic mass is 10.0. The van der Waals surface area contributed by atoms with Gasteiger partial charge in [-0.15, -0.1) is 0 Å². The van der Waals surface area contributed by atoms with E-state index >= 15 is 0 Å². The third-order valence-corrected chi connectivity index (χ3v) is 3.70. The van der Waals surface area contributed by atoms with Crippen LogP contribution in [0.4, 0.5) is 0 Å². The second kappa shape index (κ2) is 5.35. The second-order valence-electron chi connectivity index (χ2n) is 5.49. The van der Waals surface area contributed by atoms with Crippen LogP contribution < -0.4 is 5.32 Å². The van der Waals surface area contributed by atoms with E-state index in [0.29, 0.717) is 11.3 Å². The number of amides is 1. The summed E-state index contributed by atoms with van der Waals surface area (Å²) in [6.45, 7) is 3.44. The Bertz CT molecular complexity index is 799. The minimum Gasteiger partial charge on any atom is -0.466 e. The van der Waals surface area contributed by atoms with E-state index in [2.05, 4.69) is 5.32 Å². The molecule has 0 aliphatic heterocycles. The fraction of sp³-hybridized carbons (Fsp3) is 0.235. The predicted molar refractivity (Wildman–Crippen MR) is 81.6 cm³/mol. The zero-order valence-corrected chi connectivity index (χ0v) is 12.4. The zero-order chi connectivity index (χ0) is 15.7. The number of furan rings is 2. The number of benzene rings is 1. The van der Waals surface area contributed by atoms with Crippen molar-refractivity contribution in [1.29, 1.82) is 0 Å². The van der Waals surface area contributed by atoms with Gasteiger partial charge in [-0.1, -0.05) is 18.2 Å². The van der Waals surface area contributed by atoms with E-state index in [-0.39, 0.29) is 18.2 Å². The fourth-order valence-electron chi connectivity index (χ4n) is 2.40. The number of carbonyl (C=O) groups excluding carboxylic acids is 1. The Morgan fingerprint density at radius 2 is 2.05 bits per heavy atom. The summed E-state index contributed by atoms with van der Waals surface area (Å²) in [5.74, 6) is 0.297. The molecule has 0 radical (unpaired) electrons. The number of para-hydroxylation sites is 1. The Kier molecular flexibility index (Phi) is 3.50. The average molecular weight is 299 g/mol. The van der Waals surface area contributed by atoms with E-state index in [0.717, 1.165) is 10.9 Å². The highest BCUT2D eigenvalue weighted by Gasteiger charge is 2.28. The van der Waals surface area contributed by atoms with Gasteiger partial charge >= 0.3 is 0 Å². The number of carbonyl (C=O) groups is 1. The number of hydrogen-bond acceptors (Lipinski definition) is 4. The Balaban J connectivity index is 1.78. The van der Waals surface area contributed by atoms with Crippen molar-refractivity contribution in [1.82, 2.24) is 5.32 Å². The minimum absolute atomic E-state index is 0.0236. The third kappa shape index (κ3) is 2.51. The molecule has 114 valence electrons. The molecule has 0 aliphatic carbocycles. The number of hydrogen-bond donors (Lipinski definition) is 2. The molecule has 5 nitrogen and oxygen atoms in total. The Hall–Kier alpha value is -2.53. The molecule has 5 heteroatoms. The molecule has 2 heterocycles. The topological polar surface area (TPSA) is 75.6 Å². The first-order valence-corrected chi connectivity index (χ1v) is 7.02. The van der Waals surface area contributed by atoms with E-state index in [9.17, 15) is 9.90 Å². The number of aryl methyl sites for hydroxylation is 1. The van der Waals surface area contributed by atoms with E-state index in [1.807, 2.05) is 31.2 Å². The van der Waals surface area contributed by atoms with Crippen molar-refractivity contribution in [2.24, 2.45) is 0 Å². The fourth-order valence-corrected chi connectivity index (χ4v) is 2.40. The van der Waals surface area contributed by atoms with Crippen LogP contribution in [0, 0.1) is 6.92 Å². The van der Waals surface area contributed by atoms with Gasteiger partial charge in [-0.3, -0.25) is 4.79 Å². The van der Waals surface area contributed by atoms with Gasteiger partial charge in [0.25, 0.3) is 5.91 Å². The summed E-state index contributed by atoms with van der Waals surface area (Å²) in [6, 6.07) is 10.8. The molecule has 0 fully saturated rings. The molecule has 22 heavy (non-hydrogen) atoms. The van der Waals surface area contributed by atoms with Crippen molar-refractivity contribution in [3.63, 3.8) is 0 Å². The van der Waals surface area contributed by atoms with Gasteiger partial charge in [0.05, 0.1) is 12.8 Å². The molecule has 0 bridgehead atoms. The van der Waals surface area contributed by atoms with Crippen LogP contribution in [0.15, 0.2) is 51.5 Å². The lowest BCUT2D eigenvalue weighted by Crippen LogP contribution is -2.38. The Morgan fingerprint density at radius 3 is 2.73 bits per heavy atom. The first-order chi connectivity index (χ1) is 10.5. The van der Waals surface area contributed by atoms with Crippen molar-refractivity contribution in [2.75, 3.05) is 6.54 Å². The molecule has 0 aliphatic rings. The average Bonchev–Trinajstić information content (AvgIpc) is 3.14. The molecule has 2 N–H and O–H groups in total. The molecule has 0 saturated carbocycles. The Labute approximate surface area is 127 Å². The molecule has 3 aromatic rings. The molecule has 0 saturated heterocycles. The zero-order valence-electron chi connectivity index (χ0n) is 12.4. The van der Waals surface area contributed by atoms with Gasteiger partial charge in [-0.25, -0.2) is 0 Å². The van der Waals surface area contributed by atoms with Gasteiger partial charge in [0, 0.05) is 10.9 Å². The Morgan fingerprint density at radius 1 is 1.27 bits per heavy atom. The molecular formula is C17H17NO4. The molecule has 0 spiro atoms. The van der Waals surface area contributed by atoms with Crippen LogP contribution in [-0.4, -0.2) is 17.6 Å². The molecule has 1 atom stereocenters. The highest BCUT2D eigenvalue weighted by Crippen LogP contribution is 2.25. The van der Waals surface area contributed by atoms with Gasteiger partial charge < -0.3 is 19.3 Å². The van der Waals surface area contributed by atoms with Crippen LogP contribution in [0.3, 0.4) is 0 Å². The lowest BCUT2D eigenvalue weighted by molar-refractivity contribution is 0.0326. The van der Waals surface area contributed by atoms with Crippen LogP contribution in [-0.2, 0) is 5.60 Å². The first kappa shape index (κ1) is 14.4. The normalized spacial score (nSPS) is 14.0. The maximum Gasteiger partial charge on any atom is 0.287 e. The summed E-state index contributed by atoms with van der Waals surface area (Å²) in [5, 5.41) is 13.9. The van der Waals surface area contributed by atoms with Crippen LogP contribution in [0.2, 0.25) is 0 Å². The van der Waals surface area contributed by atoms with Crippen LogP contribution in [0.1, 0.15) is 28.8 Å². The minimum atomic E-state index is -1.28. The van der Waals surface area contributed by atoms with Crippen molar-refractivity contribution < 1.29 is 18.7 Å². The molecule has 2 aromatic heterocycles. The summed E-state index contributed by atoms with van der Waals surface area (Å²) < 4.78 is 10.8. The smallest absolute Gasteiger partial charge is 0.287 e. The monoisotopic (exact) mass is 299 g/mol. The van der Waals surface area contributed by atoms with Gasteiger partial charge in [0.15, 0.2) is 5.76 Å². The standard InChI is InChI=1S/C17H17NO4/c1-11-12-6-3-4-7-13(12)22-15(11)16(19)18-10-17(2,20)14-8-5-9-21-14/h3-9,20H,10H2,1-2H3,(H,18,19). The molecule has 1 amide bonds. The van der Waals surface area contributed by atoms with E-state index in [4.69, 9.17) is 8.83 Å². The molecule has 3 rings (SSSR count). The van der Waals surface area contributed by atoms with Gasteiger partial charge in [0.2, 0.25) is 0 Å². The van der Waals surface area contributed by atoms with Crippen molar-refractivity contribution in [3.05, 3.63) is 59.7 Å². The van der Waals surface area contributed by atoms with Gasteiger partial charge in [-0.05, 0) is 32.0 Å². The summed E-state index contributed by atoms with van der Waals surface area (Å²) >= 11 is 0. The van der Waals surface area contributed by atoms with E-state index < -0.39 is 5.60 Å². The summed E-state index contributed by atoms with van der Waals surface area (Å²) in [7, 11) is 0. The molecule has 1 aromatic carbocycles.